The number of morpholine rings is 1. The summed E-state index contributed by atoms with van der Waals surface area (Å²) in [5, 5.41) is 4.29. The second-order valence-corrected chi connectivity index (χ2v) is 9.95. The highest BCUT2D eigenvalue weighted by Gasteiger charge is 2.24. The molecule has 0 unspecified atom stereocenters. The Morgan fingerprint density at radius 1 is 0.923 bits per heavy atom. The van der Waals surface area contributed by atoms with Crippen LogP contribution in [0.15, 0.2) is 54.1 Å². The Balaban J connectivity index is 1.52. The lowest BCUT2D eigenvalue weighted by Gasteiger charge is -2.30. The third-order valence-electron chi connectivity index (χ3n) is 7.52. The topological polar surface area (TPSA) is 106 Å². The molecule has 1 aliphatic rings. The van der Waals surface area contributed by atoms with Crippen LogP contribution in [0.5, 0.6) is 0 Å². The first-order chi connectivity index (χ1) is 18.9. The predicted octanol–water partition coefficient (Wildman–Crippen LogP) is 2.25. The molecule has 12 heteroatoms. The van der Waals surface area contributed by atoms with Crippen LogP contribution in [0.2, 0.25) is 0 Å². The molecule has 6 aromatic rings. The molecule has 0 atom stereocenters. The molecule has 0 amide bonds. The highest BCUT2D eigenvalue weighted by atomic mass is 16.5. The third-order valence-corrected chi connectivity index (χ3v) is 7.52. The molecule has 1 aromatic carbocycles. The van der Waals surface area contributed by atoms with Crippen molar-refractivity contribution in [3.63, 3.8) is 0 Å². The highest BCUT2D eigenvalue weighted by Crippen LogP contribution is 2.35. The Hall–Kier alpha value is -4.71. The van der Waals surface area contributed by atoms with Crippen molar-refractivity contribution in [2.75, 3.05) is 31.2 Å². The van der Waals surface area contributed by atoms with Crippen molar-refractivity contribution in [3.05, 3.63) is 59.8 Å². The number of pyridine rings is 1. The molecule has 1 saturated heterocycles. The van der Waals surface area contributed by atoms with Gasteiger partial charge in [0.2, 0.25) is 0 Å². The summed E-state index contributed by atoms with van der Waals surface area (Å²) in [6, 6.07) is 6.18. The van der Waals surface area contributed by atoms with Gasteiger partial charge in [-0.15, -0.1) is 0 Å². The van der Waals surface area contributed by atoms with Crippen molar-refractivity contribution in [2.24, 2.45) is 28.2 Å². The normalized spacial score (nSPS) is 14.2. The number of imidazole rings is 3. The van der Waals surface area contributed by atoms with Crippen LogP contribution in [0, 0.1) is 0 Å². The van der Waals surface area contributed by atoms with Crippen molar-refractivity contribution < 1.29 is 4.74 Å². The molecule has 0 aliphatic carbocycles. The zero-order valence-electron chi connectivity index (χ0n) is 22.2. The van der Waals surface area contributed by atoms with E-state index in [1.54, 1.807) is 26.3 Å². The molecule has 198 valence electrons. The average Bonchev–Trinajstić information content (AvgIpc) is 3.72. The Morgan fingerprint density at radius 2 is 1.74 bits per heavy atom. The summed E-state index contributed by atoms with van der Waals surface area (Å²) in [5.41, 5.74) is 7.80. The largest absolute Gasteiger partial charge is 0.378 e. The van der Waals surface area contributed by atoms with Crippen LogP contribution in [0.25, 0.3) is 50.5 Å². The highest BCUT2D eigenvalue weighted by molar-refractivity contribution is 5.94. The Labute approximate surface area is 223 Å². The number of anilines is 1. The molecule has 1 aliphatic heterocycles. The fourth-order valence-corrected chi connectivity index (χ4v) is 5.48. The maximum Gasteiger partial charge on any atom is 0.328 e. The Morgan fingerprint density at radius 3 is 2.46 bits per heavy atom. The number of nitrogens with zero attached hydrogens (tertiary/aromatic N) is 10. The fourth-order valence-electron chi connectivity index (χ4n) is 5.48. The minimum Gasteiger partial charge on any atom is -0.378 e. The maximum atomic E-state index is 13.0. The van der Waals surface area contributed by atoms with Gasteiger partial charge in [-0.3, -0.25) is 23.4 Å². The molecule has 0 radical (unpaired) electrons. The van der Waals surface area contributed by atoms with E-state index in [-0.39, 0.29) is 5.69 Å². The van der Waals surface area contributed by atoms with E-state index in [1.807, 2.05) is 57.4 Å². The van der Waals surface area contributed by atoms with Crippen molar-refractivity contribution in [1.29, 1.82) is 0 Å². The molecule has 0 saturated carbocycles. The van der Waals surface area contributed by atoms with Gasteiger partial charge < -0.3 is 14.2 Å². The first-order valence-electron chi connectivity index (χ1n) is 12.8. The van der Waals surface area contributed by atoms with Gasteiger partial charge in [0, 0.05) is 53.0 Å². The lowest BCUT2D eigenvalue weighted by molar-refractivity contribution is 0.123. The summed E-state index contributed by atoms with van der Waals surface area (Å²) in [6.07, 6.45) is 9.17. The van der Waals surface area contributed by atoms with Crippen molar-refractivity contribution in [1.82, 2.24) is 43.0 Å². The lowest BCUT2D eigenvalue weighted by Crippen LogP contribution is -2.36. The number of aromatic nitrogens is 9. The average molecular weight is 525 g/mol. The van der Waals surface area contributed by atoms with Crippen molar-refractivity contribution >= 4 is 27.8 Å². The molecular formula is C27H28N10O2. The number of benzene rings is 1. The number of hydrogen-bond donors (Lipinski definition) is 0. The lowest BCUT2D eigenvalue weighted by atomic mass is 10.2. The van der Waals surface area contributed by atoms with Gasteiger partial charge in [-0.2, -0.15) is 5.10 Å². The molecule has 0 spiro atoms. The van der Waals surface area contributed by atoms with E-state index in [2.05, 4.69) is 31.7 Å². The fraction of sp³-hybridized carbons (Fsp3) is 0.296. The van der Waals surface area contributed by atoms with E-state index in [0.29, 0.717) is 13.2 Å². The SMILES string of the molecule is Cn1cc(-c2cc3nc(-c4cncn4C)n(-c4cc(N5CCOCC5)c5c(c4)n(C)c(=O)n5C)c3cn2)cn1. The smallest absolute Gasteiger partial charge is 0.328 e. The molecule has 6 heterocycles. The summed E-state index contributed by atoms with van der Waals surface area (Å²) in [6.45, 7) is 2.78. The second-order valence-electron chi connectivity index (χ2n) is 9.95. The molecule has 0 N–H and O–H groups in total. The zero-order chi connectivity index (χ0) is 26.8. The minimum absolute atomic E-state index is 0.0678. The van der Waals surface area contributed by atoms with E-state index in [0.717, 1.165) is 69.3 Å². The number of fused-ring (bicyclic) bond motifs is 2. The van der Waals surface area contributed by atoms with Crippen molar-refractivity contribution in [2.45, 2.75) is 0 Å². The summed E-state index contributed by atoms with van der Waals surface area (Å²) in [5.74, 6) is 0.739. The summed E-state index contributed by atoms with van der Waals surface area (Å²) >= 11 is 0. The molecule has 39 heavy (non-hydrogen) atoms. The number of rotatable bonds is 4. The maximum absolute atomic E-state index is 13.0. The van der Waals surface area contributed by atoms with Crippen molar-refractivity contribution in [3.8, 4) is 28.5 Å². The number of ether oxygens (including phenoxy) is 1. The van der Waals surface area contributed by atoms with Gasteiger partial charge in [0.15, 0.2) is 5.82 Å². The molecule has 12 nitrogen and oxygen atoms in total. The first-order valence-corrected chi connectivity index (χ1v) is 12.8. The van der Waals surface area contributed by atoms with E-state index in [4.69, 9.17) is 14.7 Å². The predicted molar refractivity (Wildman–Crippen MR) is 148 cm³/mol. The minimum atomic E-state index is -0.0678. The van der Waals surface area contributed by atoms with Crippen LogP contribution in [0.3, 0.4) is 0 Å². The van der Waals surface area contributed by atoms with E-state index in [1.165, 1.54) is 0 Å². The van der Waals surface area contributed by atoms with Gasteiger partial charge >= 0.3 is 5.69 Å². The number of aryl methyl sites for hydroxylation is 4. The molecular weight excluding hydrogens is 496 g/mol. The van der Waals surface area contributed by atoms with E-state index in [9.17, 15) is 4.79 Å². The Bertz CT molecular complexity index is 1930. The van der Waals surface area contributed by atoms with Gasteiger partial charge in [-0.25, -0.2) is 14.8 Å². The quantitative estimate of drug-likeness (QED) is 0.348. The van der Waals surface area contributed by atoms with Crippen LogP contribution in [-0.4, -0.2) is 69.3 Å². The standard InChI is InChI=1S/C27H28N10O2/c1-32-16-28-13-24(32)26-31-20-11-19(17-12-30-33(2)15-17)29-14-23(20)37(26)18-9-21-25(35(4)27(38)34(21)3)22(10-18)36-5-7-39-8-6-36/h9-16H,5-8H2,1-4H3. The van der Waals surface area contributed by atoms with Crippen LogP contribution in [-0.2, 0) is 32.9 Å². The summed E-state index contributed by atoms with van der Waals surface area (Å²) < 4.78 is 14.9. The van der Waals surface area contributed by atoms with Crippen LogP contribution < -0.4 is 10.6 Å². The second kappa shape index (κ2) is 8.67. The van der Waals surface area contributed by atoms with Crippen LogP contribution in [0.1, 0.15) is 0 Å². The van der Waals surface area contributed by atoms with Gasteiger partial charge in [-0.05, 0) is 18.2 Å². The molecule has 0 bridgehead atoms. The van der Waals surface area contributed by atoms with Gasteiger partial charge in [-0.1, -0.05) is 0 Å². The first kappa shape index (κ1) is 23.4. The molecule has 1 fully saturated rings. The summed E-state index contributed by atoms with van der Waals surface area (Å²) in [4.78, 5) is 29.5. The molecule has 7 rings (SSSR count). The monoisotopic (exact) mass is 524 g/mol. The van der Waals surface area contributed by atoms with E-state index >= 15 is 0 Å². The Kier molecular flexibility index (Phi) is 5.20. The van der Waals surface area contributed by atoms with Crippen LogP contribution >= 0.6 is 0 Å². The molecule has 5 aromatic heterocycles. The van der Waals surface area contributed by atoms with Gasteiger partial charge in [0.25, 0.3) is 0 Å². The summed E-state index contributed by atoms with van der Waals surface area (Å²) in [7, 11) is 7.48. The van der Waals surface area contributed by atoms with Gasteiger partial charge in [0.1, 0.15) is 5.69 Å². The number of hydrogen-bond acceptors (Lipinski definition) is 7. The third kappa shape index (κ3) is 3.59. The van der Waals surface area contributed by atoms with E-state index < -0.39 is 0 Å². The zero-order valence-corrected chi connectivity index (χ0v) is 22.2. The van der Waals surface area contributed by atoms with Crippen LogP contribution in [0.4, 0.5) is 5.69 Å². The van der Waals surface area contributed by atoms with Gasteiger partial charge in [0.05, 0.1) is 77.3 Å².